The van der Waals surface area contributed by atoms with Crippen LogP contribution in [0.25, 0.3) is 0 Å². The monoisotopic (exact) mass is 254 g/mol. The van der Waals surface area contributed by atoms with Crippen LogP contribution < -0.4 is 10.2 Å². The van der Waals surface area contributed by atoms with E-state index in [2.05, 4.69) is 41.2 Å². The molecule has 1 atom stereocenters. The summed E-state index contributed by atoms with van der Waals surface area (Å²) < 4.78 is 0. The molecule has 0 saturated carbocycles. The zero-order chi connectivity index (χ0) is 12.5. The molecular weight excluding hydrogens is 236 g/mol. The summed E-state index contributed by atoms with van der Waals surface area (Å²) in [5.74, 6) is 0.910. The van der Waals surface area contributed by atoms with Crippen molar-refractivity contribution in [3.05, 3.63) is 17.3 Å². The first kappa shape index (κ1) is 12.6. The summed E-state index contributed by atoms with van der Waals surface area (Å²) >= 11 is 5.73. The molecule has 2 rings (SSSR count). The number of hydrogen-bond donors (Lipinski definition) is 1. The van der Waals surface area contributed by atoms with Gasteiger partial charge in [0.05, 0.1) is 0 Å². The molecule has 1 N–H and O–H groups in total. The largest absolute Gasteiger partial charge is 0.354 e. The molecule has 0 bridgehead atoms. The second-order valence-corrected chi connectivity index (χ2v) is 5.93. The van der Waals surface area contributed by atoms with E-state index in [4.69, 9.17) is 11.6 Å². The molecule has 1 fully saturated rings. The van der Waals surface area contributed by atoms with Gasteiger partial charge in [0.25, 0.3) is 0 Å². The van der Waals surface area contributed by atoms with Crippen LogP contribution in [0.5, 0.6) is 0 Å². The smallest absolute Gasteiger partial charge is 0.151 e. The van der Waals surface area contributed by atoms with Gasteiger partial charge in [-0.25, -0.2) is 0 Å². The maximum Gasteiger partial charge on any atom is 0.151 e. The van der Waals surface area contributed by atoms with E-state index in [0.717, 1.165) is 25.3 Å². The van der Waals surface area contributed by atoms with Crippen LogP contribution in [0.3, 0.4) is 0 Å². The summed E-state index contributed by atoms with van der Waals surface area (Å²) in [6.07, 6.45) is 1.14. The van der Waals surface area contributed by atoms with Gasteiger partial charge in [-0.2, -0.15) is 0 Å². The molecule has 94 valence electrons. The first-order valence-electron chi connectivity index (χ1n) is 5.96. The highest BCUT2D eigenvalue weighted by Gasteiger charge is 2.26. The third kappa shape index (κ3) is 3.54. The predicted molar refractivity (Wildman–Crippen MR) is 70.5 cm³/mol. The maximum absolute atomic E-state index is 5.73. The predicted octanol–water partition coefficient (Wildman–Crippen LogP) is 2.10. The van der Waals surface area contributed by atoms with Crippen molar-refractivity contribution >= 4 is 17.4 Å². The number of nitrogens with zero attached hydrogens (tertiary/aromatic N) is 3. The van der Waals surface area contributed by atoms with E-state index < -0.39 is 0 Å². The molecule has 0 aromatic carbocycles. The Morgan fingerprint density at radius 2 is 2.12 bits per heavy atom. The highest BCUT2D eigenvalue weighted by atomic mass is 35.5. The van der Waals surface area contributed by atoms with E-state index in [1.807, 2.05) is 6.07 Å². The zero-order valence-electron chi connectivity index (χ0n) is 10.6. The lowest BCUT2D eigenvalue weighted by atomic mass is 10.1. The molecule has 1 aliphatic heterocycles. The van der Waals surface area contributed by atoms with Crippen molar-refractivity contribution in [2.24, 2.45) is 0 Å². The van der Waals surface area contributed by atoms with E-state index in [1.54, 1.807) is 6.07 Å². The molecule has 1 aliphatic rings. The van der Waals surface area contributed by atoms with E-state index in [1.165, 1.54) is 0 Å². The van der Waals surface area contributed by atoms with Crippen molar-refractivity contribution in [1.82, 2.24) is 15.5 Å². The molecule has 1 saturated heterocycles. The highest BCUT2D eigenvalue weighted by Crippen LogP contribution is 2.19. The molecule has 0 spiro atoms. The Morgan fingerprint density at radius 3 is 2.71 bits per heavy atom. The minimum atomic E-state index is 0.159. The van der Waals surface area contributed by atoms with Crippen LogP contribution in [0.15, 0.2) is 12.1 Å². The van der Waals surface area contributed by atoms with Crippen molar-refractivity contribution in [2.75, 3.05) is 18.0 Å². The summed E-state index contributed by atoms with van der Waals surface area (Å²) in [7, 11) is 0. The van der Waals surface area contributed by atoms with Gasteiger partial charge in [-0.1, -0.05) is 11.6 Å². The number of nitrogens with one attached hydrogen (secondary N) is 1. The molecule has 1 unspecified atom stereocenters. The van der Waals surface area contributed by atoms with E-state index in [0.29, 0.717) is 11.2 Å². The quantitative estimate of drug-likeness (QED) is 0.878. The average molecular weight is 255 g/mol. The molecule has 0 radical (unpaired) electrons. The molecule has 2 heterocycles. The van der Waals surface area contributed by atoms with Crippen molar-refractivity contribution in [2.45, 2.75) is 38.8 Å². The summed E-state index contributed by atoms with van der Waals surface area (Å²) in [5, 5.41) is 12.0. The van der Waals surface area contributed by atoms with Gasteiger partial charge in [0.1, 0.15) is 0 Å². The lowest BCUT2D eigenvalue weighted by Crippen LogP contribution is -2.44. The van der Waals surface area contributed by atoms with Crippen molar-refractivity contribution < 1.29 is 0 Å². The van der Waals surface area contributed by atoms with E-state index in [9.17, 15) is 0 Å². The van der Waals surface area contributed by atoms with Crippen LogP contribution in [0.1, 0.15) is 27.2 Å². The number of rotatable bonds is 2. The first-order chi connectivity index (χ1) is 7.94. The van der Waals surface area contributed by atoms with Gasteiger partial charge in [0, 0.05) is 24.7 Å². The molecule has 17 heavy (non-hydrogen) atoms. The standard InChI is InChI=1S/C12H19ClN4/c1-12(2,3)14-9-6-7-17(8-9)11-5-4-10(13)15-16-11/h4-5,9,14H,6-8H2,1-3H3. The molecule has 1 aromatic rings. The van der Waals surface area contributed by atoms with Gasteiger partial charge in [-0.15, -0.1) is 10.2 Å². The minimum Gasteiger partial charge on any atom is -0.354 e. The Bertz CT molecular complexity index is 371. The van der Waals surface area contributed by atoms with Crippen molar-refractivity contribution in [1.29, 1.82) is 0 Å². The number of halogens is 1. The van der Waals surface area contributed by atoms with Gasteiger partial charge < -0.3 is 10.2 Å². The van der Waals surface area contributed by atoms with Gasteiger partial charge >= 0.3 is 0 Å². The molecule has 1 aromatic heterocycles. The fourth-order valence-electron chi connectivity index (χ4n) is 2.18. The zero-order valence-corrected chi connectivity index (χ0v) is 11.3. The van der Waals surface area contributed by atoms with Crippen LogP contribution in [0, 0.1) is 0 Å². The Balaban J connectivity index is 1.96. The van der Waals surface area contributed by atoms with Gasteiger partial charge in [-0.05, 0) is 39.3 Å². The summed E-state index contributed by atoms with van der Waals surface area (Å²) in [4.78, 5) is 2.24. The molecule has 5 heteroatoms. The Kier molecular flexibility index (Phi) is 3.54. The number of hydrogen-bond acceptors (Lipinski definition) is 4. The van der Waals surface area contributed by atoms with E-state index >= 15 is 0 Å². The van der Waals surface area contributed by atoms with Gasteiger partial charge in [0.2, 0.25) is 0 Å². The third-order valence-electron chi connectivity index (χ3n) is 2.77. The van der Waals surface area contributed by atoms with E-state index in [-0.39, 0.29) is 5.54 Å². The number of anilines is 1. The molecule has 4 nitrogen and oxygen atoms in total. The van der Waals surface area contributed by atoms with Crippen LogP contribution in [0.2, 0.25) is 5.15 Å². The van der Waals surface area contributed by atoms with Gasteiger partial charge in [-0.3, -0.25) is 0 Å². The minimum absolute atomic E-state index is 0.159. The Labute approximate surface area is 107 Å². The summed E-state index contributed by atoms with van der Waals surface area (Å²) in [6, 6.07) is 4.23. The highest BCUT2D eigenvalue weighted by molar-refractivity contribution is 6.29. The second kappa shape index (κ2) is 4.78. The van der Waals surface area contributed by atoms with Gasteiger partial charge in [0.15, 0.2) is 11.0 Å². The first-order valence-corrected chi connectivity index (χ1v) is 6.34. The topological polar surface area (TPSA) is 41.0 Å². The molecule has 0 amide bonds. The molecular formula is C12H19ClN4. The maximum atomic E-state index is 5.73. The third-order valence-corrected chi connectivity index (χ3v) is 2.97. The second-order valence-electron chi connectivity index (χ2n) is 5.54. The van der Waals surface area contributed by atoms with Crippen molar-refractivity contribution in [3.63, 3.8) is 0 Å². The van der Waals surface area contributed by atoms with Crippen LogP contribution >= 0.6 is 11.6 Å². The summed E-state index contributed by atoms with van der Waals surface area (Å²) in [6.45, 7) is 8.57. The van der Waals surface area contributed by atoms with Crippen LogP contribution in [0.4, 0.5) is 5.82 Å². The lowest BCUT2D eigenvalue weighted by molar-refractivity contribution is 0.373. The lowest BCUT2D eigenvalue weighted by Gasteiger charge is -2.26. The average Bonchev–Trinajstić information content (AvgIpc) is 2.64. The van der Waals surface area contributed by atoms with Crippen LogP contribution in [-0.2, 0) is 0 Å². The fourth-order valence-corrected chi connectivity index (χ4v) is 2.28. The Hall–Kier alpha value is -0.870. The van der Waals surface area contributed by atoms with Crippen molar-refractivity contribution in [3.8, 4) is 0 Å². The molecule has 0 aliphatic carbocycles. The SMILES string of the molecule is CC(C)(C)NC1CCN(c2ccc(Cl)nn2)C1. The van der Waals surface area contributed by atoms with Crippen LogP contribution in [-0.4, -0.2) is 34.9 Å². The Morgan fingerprint density at radius 1 is 1.35 bits per heavy atom. The number of aromatic nitrogens is 2. The normalized spacial score (nSPS) is 20.9. The summed E-state index contributed by atoms with van der Waals surface area (Å²) in [5.41, 5.74) is 0.159. The fraction of sp³-hybridized carbons (Fsp3) is 0.667.